The zero-order chi connectivity index (χ0) is 21.8. The third kappa shape index (κ3) is 4.75. The fourth-order valence-corrected chi connectivity index (χ4v) is 4.43. The molecule has 0 fully saturated rings. The number of carbonyl (C=O) groups is 1. The van der Waals surface area contributed by atoms with Gasteiger partial charge in [-0.3, -0.25) is 14.3 Å². The monoisotopic (exact) mass is 431 g/mol. The fraction of sp³-hybridized carbons (Fsp3) is 0.240. The van der Waals surface area contributed by atoms with Gasteiger partial charge in [-0.1, -0.05) is 56.3 Å². The number of amides is 1. The maximum atomic E-state index is 12.9. The Bertz CT molecular complexity index is 1230. The Labute approximate surface area is 185 Å². The van der Waals surface area contributed by atoms with Crippen LogP contribution in [0, 0.1) is 0 Å². The number of nitrogens with one attached hydrogen (secondary N) is 1. The van der Waals surface area contributed by atoms with E-state index in [1.807, 2.05) is 35.7 Å². The Morgan fingerprint density at radius 3 is 2.48 bits per heavy atom. The van der Waals surface area contributed by atoms with Crippen molar-refractivity contribution in [2.45, 2.75) is 38.8 Å². The summed E-state index contributed by atoms with van der Waals surface area (Å²) in [6.07, 6.45) is 1.58. The quantitative estimate of drug-likeness (QED) is 0.454. The van der Waals surface area contributed by atoms with E-state index in [2.05, 4.69) is 48.5 Å². The van der Waals surface area contributed by atoms with Crippen LogP contribution in [0.15, 0.2) is 77.0 Å². The van der Waals surface area contributed by atoms with Gasteiger partial charge in [0.2, 0.25) is 11.3 Å². The molecule has 2 aromatic carbocycles. The zero-order valence-corrected chi connectivity index (χ0v) is 18.4. The highest BCUT2D eigenvalue weighted by Gasteiger charge is 2.18. The van der Waals surface area contributed by atoms with E-state index in [-0.39, 0.29) is 23.8 Å². The van der Waals surface area contributed by atoms with Crippen LogP contribution in [0.25, 0.3) is 10.9 Å². The molecule has 1 unspecified atom stereocenters. The van der Waals surface area contributed by atoms with Crippen LogP contribution in [0.5, 0.6) is 0 Å². The first-order valence-electron chi connectivity index (χ1n) is 10.4. The lowest BCUT2D eigenvalue weighted by Crippen LogP contribution is -2.30. The molecule has 4 rings (SSSR count). The standard InChI is InChI=1S/C25H25N3O2S/c1-17(2)18-9-11-19(12-10-18)25(23-8-5-15-31-23)27-24(30)13-14-28-21-7-4-3-6-20(21)22(29)16-26-28/h3-12,15-17,25H,13-14H2,1-2H3,(H,27,30). The summed E-state index contributed by atoms with van der Waals surface area (Å²) in [7, 11) is 0. The van der Waals surface area contributed by atoms with Crippen molar-refractivity contribution in [3.63, 3.8) is 0 Å². The molecule has 2 aromatic heterocycles. The van der Waals surface area contributed by atoms with Gasteiger partial charge in [-0.2, -0.15) is 5.10 Å². The van der Waals surface area contributed by atoms with Crippen molar-refractivity contribution in [1.29, 1.82) is 0 Å². The van der Waals surface area contributed by atoms with Crippen LogP contribution < -0.4 is 10.7 Å². The molecule has 0 saturated heterocycles. The normalized spacial score (nSPS) is 12.2. The molecular weight excluding hydrogens is 406 g/mol. The van der Waals surface area contributed by atoms with Gasteiger partial charge in [0.05, 0.1) is 24.3 Å². The number of aromatic nitrogens is 2. The predicted molar refractivity (Wildman–Crippen MR) is 125 cm³/mol. The maximum absolute atomic E-state index is 12.9. The highest BCUT2D eigenvalue weighted by molar-refractivity contribution is 7.10. The third-order valence-corrected chi connectivity index (χ3v) is 6.32. The van der Waals surface area contributed by atoms with Crippen LogP contribution in [-0.4, -0.2) is 15.7 Å². The molecule has 1 atom stereocenters. The molecular formula is C25H25N3O2S. The number of fused-ring (bicyclic) bond motifs is 1. The summed E-state index contributed by atoms with van der Waals surface area (Å²) in [4.78, 5) is 26.0. The molecule has 0 saturated carbocycles. The fourth-order valence-electron chi connectivity index (χ4n) is 3.63. The van der Waals surface area contributed by atoms with Gasteiger partial charge in [-0.15, -0.1) is 11.3 Å². The number of thiophene rings is 1. The number of benzene rings is 2. The molecule has 158 valence electrons. The molecule has 6 heteroatoms. The van der Waals surface area contributed by atoms with Crippen molar-refractivity contribution in [2.75, 3.05) is 0 Å². The highest BCUT2D eigenvalue weighted by Crippen LogP contribution is 2.27. The molecule has 0 aliphatic rings. The van der Waals surface area contributed by atoms with Crippen molar-refractivity contribution >= 4 is 28.1 Å². The van der Waals surface area contributed by atoms with Gasteiger partial charge < -0.3 is 5.32 Å². The second-order valence-corrected chi connectivity index (χ2v) is 8.82. The lowest BCUT2D eigenvalue weighted by molar-refractivity contribution is -0.121. The first kappa shape index (κ1) is 21.0. The van der Waals surface area contributed by atoms with Crippen LogP contribution in [0.1, 0.15) is 48.2 Å². The Morgan fingerprint density at radius 1 is 1.03 bits per heavy atom. The minimum absolute atomic E-state index is 0.0593. The SMILES string of the molecule is CC(C)c1ccc(C(NC(=O)CCn2ncc(=O)c3ccccc32)c2cccs2)cc1. The third-order valence-electron chi connectivity index (χ3n) is 5.38. The number of para-hydroxylation sites is 1. The van der Waals surface area contributed by atoms with Gasteiger partial charge in [-0.05, 0) is 40.6 Å². The molecule has 0 radical (unpaired) electrons. The lowest BCUT2D eigenvalue weighted by Gasteiger charge is -2.19. The Balaban J connectivity index is 1.51. The number of hydrogen-bond acceptors (Lipinski definition) is 4. The summed E-state index contributed by atoms with van der Waals surface area (Å²) in [6.45, 7) is 4.74. The van der Waals surface area contributed by atoms with Gasteiger partial charge in [0.25, 0.3) is 0 Å². The van der Waals surface area contributed by atoms with Gasteiger partial charge in [-0.25, -0.2) is 0 Å². The van der Waals surface area contributed by atoms with Gasteiger partial charge in [0.1, 0.15) is 0 Å². The predicted octanol–water partition coefficient (Wildman–Crippen LogP) is 4.88. The number of rotatable bonds is 7. The van der Waals surface area contributed by atoms with Crippen molar-refractivity contribution < 1.29 is 4.79 Å². The maximum Gasteiger partial charge on any atom is 0.222 e. The summed E-state index contributed by atoms with van der Waals surface area (Å²) in [5.74, 6) is 0.402. The van der Waals surface area contributed by atoms with E-state index in [1.54, 1.807) is 22.1 Å². The summed E-state index contributed by atoms with van der Waals surface area (Å²) in [5.41, 5.74) is 2.96. The van der Waals surface area contributed by atoms with Crippen molar-refractivity contribution in [3.05, 3.63) is 98.5 Å². The van der Waals surface area contributed by atoms with E-state index >= 15 is 0 Å². The molecule has 31 heavy (non-hydrogen) atoms. The first-order chi connectivity index (χ1) is 15.0. The van der Waals surface area contributed by atoms with E-state index in [1.165, 1.54) is 11.8 Å². The Morgan fingerprint density at radius 2 is 1.77 bits per heavy atom. The van der Waals surface area contributed by atoms with Crippen LogP contribution in [-0.2, 0) is 11.3 Å². The molecule has 4 aromatic rings. The minimum atomic E-state index is -0.188. The second-order valence-electron chi connectivity index (χ2n) is 7.84. The van der Waals surface area contributed by atoms with Crippen molar-refractivity contribution in [2.24, 2.45) is 0 Å². The van der Waals surface area contributed by atoms with E-state index in [0.29, 0.717) is 17.8 Å². The number of carbonyl (C=O) groups excluding carboxylic acids is 1. The molecule has 5 nitrogen and oxygen atoms in total. The van der Waals surface area contributed by atoms with Gasteiger partial charge in [0, 0.05) is 16.7 Å². The summed E-state index contributed by atoms with van der Waals surface area (Å²) < 4.78 is 1.72. The number of aryl methyl sites for hydroxylation is 1. The molecule has 0 bridgehead atoms. The second kappa shape index (κ2) is 9.27. The minimum Gasteiger partial charge on any atom is -0.344 e. The first-order valence-corrected chi connectivity index (χ1v) is 11.3. The van der Waals surface area contributed by atoms with Crippen molar-refractivity contribution in [3.8, 4) is 0 Å². The largest absolute Gasteiger partial charge is 0.344 e. The number of nitrogens with zero attached hydrogens (tertiary/aromatic N) is 2. The van der Waals surface area contributed by atoms with Crippen LogP contribution in [0.2, 0.25) is 0 Å². The zero-order valence-electron chi connectivity index (χ0n) is 17.6. The van der Waals surface area contributed by atoms with E-state index in [4.69, 9.17) is 0 Å². The van der Waals surface area contributed by atoms with Gasteiger partial charge in [0.15, 0.2) is 0 Å². The van der Waals surface area contributed by atoms with E-state index in [0.717, 1.165) is 16.0 Å². The molecule has 0 aliphatic carbocycles. The van der Waals surface area contributed by atoms with E-state index in [9.17, 15) is 9.59 Å². The van der Waals surface area contributed by atoms with Gasteiger partial charge >= 0.3 is 0 Å². The van der Waals surface area contributed by atoms with Crippen LogP contribution in [0.3, 0.4) is 0 Å². The molecule has 0 aliphatic heterocycles. The lowest BCUT2D eigenvalue weighted by atomic mass is 9.98. The van der Waals surface area contributed by atoms with Crippen molar-refractivity contribution in [1.82, 2.24) is 15.1 Å². The van der Waals surface area contributed by atoms with Crippen LogP contribution >= 0.6 is 11.3 Å². The molecule has 1 amide bonds. The summed E-state index contributed by atoms with van der Waals surface area (Å²) in [6, 6.07) is 19.6. The Kier molecular flexibility index (Phi) is 6.28. The smallest absolute Gasteiger partial charge is 0.222 e. The average molecular weight is 432 g/mol. The molecule has 0 spiro atoms. The number of hydrogen-bond donors (Lipinski definition) is 1. The average Bonchev–Trinajstić information content (AvgIpc) is 3.32. The highest BCUT2D eigenvalue weighted by atomic mass is 32.1. The van der Waals surface area contributed by atoms with Crippen LogP contribution in [0.4, 0.5) is 0 Å². The topological polar surface area (TPSA) is 64.0 Å². The summed E-state index contributed by atoms with van der Waals surface area (Å²) >= 11 is 1.63. The Hall–Kier alpha value is -3.25. The summed E-state index contributed by atoms with van der Waals surface area (Å²) in [5, 5.41) is 10.0. The molecule has 2 heterocycles. The molecule has 1 N–H and O–H groups in total. The van der Waals surface area contributed by atoms with E-state index < -0.39 is 0 Å².